The highest BCUT2D eigenvalue weighted by atomic mass is 16.5. The number of hydrogen-bond acceptors (Lipinski definition) is 5. The summed E-state index contributed by atoms with van der Waals surface area (Å²) in [6.07, 6.45) is 2.41. The van der Waals surface area contributed by atoms with E-state index in [1.807, 2.05) is 48.5 Å². The first kappa shape index (κ1) is 20.9. The number of amides is 2. The fraction of sp³-hybridized carbons (Fsp3) is 0.375. The van der Waals surface area contributed by atoms with Gasteiger partial charge in [0, 0.05) is 19.4 Å². The molecule has 0 unspecified atom stereocenters. The molecular weight excluding hydrogens is 394 g/mol. The third-order valence-corrected chi connectivity index (χ3v) is 5.76. The van der Waals surface area contributed by atoms with Crippen molar-refractivity contribution >= 4 is 17.5 Å². The number of likely N-dealkylation sites (N-methyl/N-ethyl adjacent to an activating group) is 1. The molecule has 162 valence electrons. The third-order valence-electron chi connectivity index (χ3n) is 5.76. The zero-order chi connectivity index (χ0) is 22.0. The number of hydrogen-bond donors (Lipinski definition) is 0. The Balaban J connectivity index is 1.58. The molecule has 0 radical (unpaired) electrons. The Hall–Kier alpha value is -3.35. The van der Waals surface area contributed by atoms with Crippen LogP contribution >= 0.6 is 0 Å². The van der Waals surface area contributed by atoms with Gasteiger partial charge < -0.3 is 14.4 Å². The molecule has 1 atom stereocenters. The Bertz CT molecular complexity index is 981. The van der Waals surface area contributed by atoms with E-state index in [4.69, 9.17) is 9.47 Å². The quantitative estimate of drug-likeness (QED) is 0.688. The standard InChI is InChI=1S/C24H27N3O4/c1-26(24(29)18-4-5-18)15-23(28)27-22(17-8-12-20(31-3)13-9-17)14-21(25-27)16-6-10-19(30-2)11-7-16/h6-13,18,22H,4-5,14-15H2,1-3H3/t22-/m0/s1. The summed E-state index contributed by atoms with van der Waals surface area (Å²) >= 11 is 0. The number of benzene rings is 2. The van der Waals surface area contributed by atoms with Gasteiger partial charge >= 0.3 is 0 Å². The van der Waals surface area contributed by atoms with Crippen LogP contribution in [0.3, 0.4) is 0 Å². The first-order valence-electron chi connectivity index (χ1n) is 10.4. The molecule has 2 aromatic rings. The summed E-state index contributed by atoms with van der Waals surface area (Å²) in [6.45, 7) is 0.0153. The molecule has 7 nitrogen and oxygen atoms in total. The number of nitrogens with zero attached hydrogens (tertiary/aromatic N) is 3. The van der Waals surface area contributed by atoms with Gasteiger partial charge in [0.2, 0.25) is 5.91 Å². The maximum Gasteiger partial charge on any atom is 0.262 e. The van der Waals surface area contributed by atoms with E-state index in [2.05, 4.69) is 5.10 Å². The van der Waals surface area contributed by atoms with Gasteiger partial charge in [0.15, 0.2) is 0 Å². The predicted octanol–water partition coefficient (Wildman–Crippen LogP) is 3.25. The number of hydrazone groups is 1. The summed E-state index contributed by atoms with van der Waals surface area (Å²) in [4.78, 5) is 27.0. The fourth-order valence-corrected chi connectivity index (χ4v) is 3.78. The molecule has 2 aromatic carbocycles. The van der Waals surface area contributed by atoms with Crippen LogP contribution in [0.1, 0.15) is 36.4 Å². The lowest BCUT2D eigenvalue weighted by molar-refractivity contribution is -0.141. The first-order chi connectivity index (χ1) is 15.0. The van der Waals surface area contributed by atoms with Gasteiger partial charge in [-0.15, -0.1) is 0 Å². The summed E-state index contributed by atoms with van der Waals surface area (Å²) in [5, 5.41) is 6.20. The summed E-state index contributed by atoms with van der Waals surface area (Å²) < 4.78 is 10.5. The molecule has 0 bridgehead atoms. The van der Waals surface area contributed by atoms with Crippen LogP contribution in [0.2, 0.25) is 0 Å². The fourth-order valence-electron chi connectivity index (χ4n) is 3.78. The SMILES string of the molecule is COc1ccc(C2=NN(C(=O)CN(C)C(=O)C3CC3)[C@H](c3ccc(OC)cc3)C2)cc1. The highest BCUT2D eigenvalue weighted by Crippen LogP contribution is 2.34. The van der Waals surface area contributed by atoms with E-state index < -0.39 is 0 Å². The lowest BCUT2D eigenvalue weighted by Crippen LogP contribution is -2.39. The predicted molar refractivity (Wildman–Crippen MR) is 117 cm³/mol. The van der Waals surface area contributed by atoms with E-state index in [0.717, 1.165) is 41.2 Å². The second-order valence-electron chi connectivity index (χ2n) is 7.98. The van der Waals surface area contributed by atoms with E-state index in [1.54, 1.807) is 21.3 Å². The second-order valence-corrected chi connectivity index (χ2v) is 7.98. The zero-order valence-corrected chi connectivity index (χ0v) is 18.1. The number of carbonyl (C=O) groups is 2. The molecule has 0 N–H and O–H groups in total. The molecule has 1 aliphatic heterocycles. The molecule has 0 aromatic heterocycles. The average Bonchev–Trinajstić information content (AvgIpc) is 3.56. The normalized spacial score (nSPS) is 17.8. The van der Waals surface area contributed by atoms with E-state index in [-0.39, 0.29) is 30.3 Å². The number of ether oxygens (including phenoxy) is 2. The minimum atomic E-state index is -0.236. The molecule has 1 fully saturated rings. The molecular formula is C24H27N3O4. The van der Waals surface area contributed by atoms with Crippen LogP contribution in [0.5, 0.6) is 11.5 Å². The number of methoxy groups -OCH3 is 2. The van der Waals surface area contributed by atoms with Crippen molar-refractivity contribution in [1.82, 2.24) is 9.91 Å². The van der Waals surface area contributed by atoms with Crippen LogP contribution in [0.25, 0.3) is 0 Å². The van der Waals surface area contributed by atoms with Gasteiger partial charge in [-0.3, -0.25) is 9.59 Å². The Morgan fingerprint density at radius 1 is 1.00 bits per heavy atom. The molecule has 31 heavy (non-hydrogen) atoms. The molecule has 0 saturated heterocycles. The van der Waals surface area contributed by atoms with Crippen molar-refractivity contribution in [2.75, 3.05) is 27.8 Å². The van der Waals surface area contributed by atoms with Crippen molar-refractivity contribution in [1.29, 1.82) is 0 Å². The van der Waals surface area contributed by atoms with Gasteiger partial charge in [-0.1, -0.05) is 12.1 Å². The highest BCUT2D eigenvalue weighted by Gasteiger charge is 2.36. The molecule has 7 heteroatoms. The molecule has 2 aliphatic rings. The van der Waals surface area contributed by atoms with Crippen molar-refractivity contribution in [2.24, 2.45) is 11.0 Å². The molecule has 0 spiro atoms. The monoisotopic (exact) mass is 421 g/mol. The van der Waals surface area contributed by atoms with Crippen LogP contribution in [-0.4, -0.2) is 55.2 Å². The Morgan fingerprint density at radius 2 is 1.58 bits per heavy atom. The highest BCUT2D eigenvalue weighted by molar-refractivity contribution is 6.03. The topological polar surface area (TPSA) is 71.4 Å². The Labute approximate surface area is 182 Å². The van der Waals surface area contributed by atoms with E-state index >= 15 is 0 Å². The van der Waals surface area contributed by atoms with E-state index in [0.29, 0.717) is 6.42 Å². The minimum Gasteiger partial charge on any atom is -0.497 e. The number of rotatable bonds is 7. The smallest absolute Gasteiger partial charge is 0.262 e. The van der Waals surface area contributed by atoms with E-state index in [1.165, 1.54) is 9.91 Å². The largest absolute Gasteiger partial charge is 0.497 e. The van der Waals surface area contributed by atoms with Crippen LogP contribution in [-0.2, 0) is 9.59 Å². The van der Waals surface area contributed by atoms with Crippen molar-refractivity contribution in [3.63, 3.8) is 0 Å². The summed E-state index contributed by atoms with van der Waals surface area (Å²) in [6, 6.07) is 15.1. The molecule has 1 aliphatic carbocycles. The van der Waals surface area contributed by atoms with Gasteiger partial charge in [0.25, 0.3) is 5.91 Å². The van der Waals surface area contributed by atoms with Gasteiger partial charge in [-0.25, -0.2) is 5.01 Å². The second kappa shape index (κ2) is 8.79. The maximum atomic E-state index is 13.2. The molecule has 1 heterocycles. The van der Waals surface area contributed by atoms with Crippen LogP contribution in [0.15, 0.2) is 53.6 Å². The maximum absolute atomic E-state index is 13.2. The van der Waals surface area contributed by atoms with Crippen LogP contribution < -0.4 is 9.47 Å². The van der Waals surface area contributed by atoms with Crippen molar-refractivity contribution in [3.05, 3.63) is 59.7 Å². The summed E-state index contributed by atoms with van der Waals surface area (Å²) in [7, 11) is 4.94. The van der Waals surface area contributed by atoms with E-state index in [9.17, 15) is 9.59 Å². The van der Waals surface area contributed by atoms with Gasteiger partial charge in [0.1, 0.15) is 18.0 Å². The molecule has 4 rings (SSSR count). The number of carbonyl (C=O) groups excluding carboxylic acids is 2. The third kappa shape index (κ3) is 4.55. The Kier molecular flexibility index (Phi) is 5.93. The molecule has 2 amide bonds. The van der Waals surface area contributed by atoms with Gasteiger partial charge in [-0.05, 0) is 60.4 Å². The lowest BCUT2D eigenvalue weighted by atomic mass is 9.98. The lowest BCUT2D eigenvalue weighted by Gasteiger charge is -2.25. The summed E-state index contributed by atoms with van der Waals surface area (Å²) in [5.41, 5.74) is 2.74. The minimum absolute atomic E-state index is 0.0153. The Morgan fingerprint density at radius 3 is 2.13 bits per heavy atom. The van der Waals surface area contributed by atoms with Crippen LogP contribution in [0, 0.1) is 5.92 Å². The van der Waals surface area contributed by atoms with Crippen molar-refractivity contribution in [3.8, 4) is 11.5 Å². The molecule has 1 saturated carbocycles. The van der Waals surface area contributed by atoms with Crippen molar-refractivity contribution in [2.45, 2.75) is 25.3 Å². The average molecular weight is 421 g/mol. The summed E-state index contributed by atoms with van der Waals surface area (Å²) in [5.74, 6) is 1.44. The van der Waals surface area contributed by atoms with Gasteiger partial charge in [-0.2, -0.15) is 5.10 Å². The zero-order valence-electron chi connectivity index (χ0n) is 18.1. The van der Waals surface area contributed by atoms with Crippen molar-refractivity contribution < 1.29 is 19.1 Å². The first-order valence-corrected chi connectivity index (χ1v) is 10.4. The van der Waals surface area contributed by atoms with Crippen LogP contribution in [0.4, 0.5) is 0 Å². The van der Waals surface area contributed by atoms with Gasteiger partial charge in [0.05, 0.1) is 26.0 Å².